The largest absolute Gasteiger partial charge is 0.480 e. The van der Waals surface area contributed by atoms with Gasteiger partial charge in [-0.3, -0.25) is 14.4 Å². The molecule has 0 unspecified atom stereocenters. The summed E-state index contributed by atoms with van der Waals surface area (Å²) in [6.45, 7) is 1.63. The molecule has 0 amide bonds. The number of carbonyl (C=O) groups is 3. The Kier molecular flexibility index (Phi) is 3.82. The summed E-state index contributed by atoms with van der Waals surface area (Å²) in [6.07, 6.45) is 2.21. The molecule has 0 heterocycles. The van der Waals surface area contributed by atoms with E-state index >= 15 is 0 Å². The third kappa shape index (κ3) is 1.90. The lowest BCUT2D eigenvalue weighted by atomic mass is 9.88. The number of carboxylic acids is 3. The lowest BCUT2D eigenvalue weighted by Gasteiger charge is -2.14. The van der Waals surface area contributed by atoms with Crippen molar-refractivity contribution in [2.24, 2.45) is 5.41 Å². The first-order valence-corrected chi connectivity index (χ1v) is 3.77. The van der Waals surface area contributed by atoms with E-state index in [-0.39, 0.29) is 0 Å². The second kappa shape index (κ2) is 4.40. The summed E-state index contributed by atoms with van der Waals surface area (Å²) in [5, 5.41) is 25.7. The quantitative estimate of drug-likeness (QED) is 0.433. The third-order valence-electron chi connectivity index (χ3n) is 1.62. The summed E-state index contributed by atoms with van der Waals surface area (Å²) >= 11 is 0. The highest BCUT2D eigenvalue weighted by Crippen LogP contribution is 2.21. The molecule has 78 valence electrons. The van der Waals surface area contributed by atoms with Crippen molar-refractivity contribution in [3.05, 3.63) is 12.2 Å². The first kappa shape index (κ1) is 12.2. The summed E-state index contributed by atoms with van der Waals surface area (Å²) in [7, 11) is 0. The number of allylic oxidation sites excluding steroid dienone is 1. The van der Waals surface area contributed by atoms with Crippen molar-refractivity contribution in [3.8, 4) is 0 Å². The molecule has 0 aliphatic heterocycles. The molecule has 0 spiro atoms. The minimum absolute atomic E-state index is 0.357. The lowest BCUT2D eigenvalue weighted by Crippen LogP contribution is -2.44. The first-order chi connectivity index (χ1) is 6.39. The van der Waals surface area contributed by atoms with Crippen LogP contribution >= 0.6 is 0 Å². The second-order valence-electron chi connectivity index (χ2n) is 2.53. The molecule has 3 N–H and O–H groups in total. The number of aliphatic carboxylic acids is 3. The first-order valence-electron chi connectivity index (χ1n) is 3.77. The van der Waals surface area contributed by atoms with Crippen LogP contribution in [0.1, 0.15) is 13.3 Å². The number of rotatable bonds is 5. The highest BCUT2D eigenvalue weighted by Gasteiger charge is 2.52. The van der Waals surface area contributed by atoms with Gasteiger partial charge in [-0.05, 0) is 12.5 Å². The van der Waals surface area contributed by atoms with E-state index in [4.69, 9.17) is 15.3 Å². The molecule has 0 saturated carbocycles. The van der Waals surface area contributed by atoms with Gasteiger partial charge < -0.3 is 15.3 Å². The lowest BCUT2D eigenvalue weighted by molar-refractivity contribution is -0.171. The summed E-state index contributed by atoms with van der Waals surface area (Å²) < 4.78 is 0. The van der Waals surface area contributed by atoms with Crippen LogP contribution in [0.4, 0.5) is 0 Å². The van der Waals surface area contributed by atoms with Crippen molar-refractivity contribution in [2.45, 2.75) is 13.3 Å². The predicted octanol–water partition coefficient (Wildman–Crippen LogP) is 0.193. The van der Waals surface area contributed by atoms with Crippen molar-refractivity contribution >= 4 is 17.9 Å². The second-order valence-corrected chi connectivity index (χ2v) is 2.53. The molecule has 0 bridgehead atoms. The van der Waals surface area contributed by atoms with Crippen molar-refractivity contribution < 1.29 is 29.7 Å². The monoisotopic (exact) mass is 202 g/mol. The molecular weight excluding hydrogens is 192 g/mol. The van der Waals surface area contributed by atoms with Gasteiger partial charge in [0, 0.05) is 0 Å². The van der Waals surface area contributed by atoms with Gasteiger partial charge >= 0.3 is 17.9 Å². The summed E-state index contributed by atoms with van der Waals surface area (Å²) in [5.41, 5.74) is -2.88. The van der Waals surface area contributed by atoms with Gasteiger partial charge in [0.25, 0.3) is 5.41 Å². The molecule has 0 aliphatic rings. The molecule has 0 radical (unpaired) electrons. The minimum atomic E-state index is -2.88. The molecule has 0 rings (SSSR count). The van der Waals surface area contributed by atoms with Crippen LogP contribution in [0.2, 0.25) is 0 Å². The standard InChI is InChI=1S/C8H10O6/c1-2-3-4-8(5(9)10,6(11)12)7(13)14/h3-4H,2H2,1H3,(H,9,10)(H,11,12)(H,13,14)/b4-3-. The fraction of sp³-hybridized carbons (Fsp3) is 0.375. The van der Waals surface area contributed by atoms with E-state index in [1.54, 1.807) is 6.92 Å². The average Bonchev–Trinajstić information content (AvgIpc) is 2.03. The molecule has 0 saturated heterocycles. The van der Waals surface area contributed by atoms with Crippen molar-refractivity contribution in [1.29, 1.82) is 0 Å². The van der Waals surface area contributed by atoms with Gasteiger partial charge in [-0.15, -0.1) is 0 Å². The van der Waals surface area contributed by atoms with Crippen molar-refractivity contribution in [2.75, 3.05) is 0 Å². The zero-order chi connectivity index (χ0) is 11.4. The van der Waals surface area contributed by atoms with Crippen molar-refractivity contribution in [1.82, 2.24) is 0 Å². The Hall–Kier alpha value is -1.85. The fourth-order valence-electron chi connectivity index (χ4n) is 0.783. The zero-order valence-corrected chi connectivity index (χ0v) is 7.43. The predicted molar refractivity (Wildman–Crippen MR) is 44.8 cm³/mol. The van der Waals surface area contributed by atoms with Gasteiger partial charge in [0.2, 0.25) is 0 Å². The van der Waals surface area contributed by atoms with Crippen LogP contribution in [-0.4, -0.2) is 33.2 Å². The minimum Gasteiger partial charge on any atom is -0.480 e. The van der Waals surface area contributed by atoms with Crippen LogP contribution in [-0.2, 0) is 14.4 Å². The summed E-state index contributed by atoms with van der Waals surface area (Å²) in [5.74, 6) is -5.74. The molecule has 0 aromatic rings. The van der Waals surface area contributed by atoms with Gasteiger partial charge in [0.05, 0.1) is 0 Å². The number of hydrogen-bond donors (Lipinski definition) is 3. The van der Waals surface area contributed by atoms with Crippen LogP contribution in [0, 0.1) is 5.41 Å². The van der Waals surface area contributed by atoms with E-state index in [0.717, 1.165) is 0 Å². The summed E-state index contributed by atoms with van der Waals surface area (Å²) in [6, 6.07) is 0. The maximum Gasteiger partial charge on any atom is 0.336 e. The van der Waals surface area contributed by atoms with Crippen molar-refractivity contribution in [3.63, 3.8) is 0 Å². The van der Waals surface area contributed by atoms with E-state index < -0.39 is 23.3 Å². The Morgan fingerprint density at radius 2 is 1.43 bits per heavy atom. The van der Waals surface area contributed by atoms with Crippen LogP contribution < -0.4 is 0 Å². The normalized spacial score (nSPS) is 11.5. The maximum atomic E-state index is 10.6. The van der Waals surface area contributed by atoms with Crippen LogP contribution in [0.25, 0.3) is 0 Å². The van der Waals surface area contributed by atoms with Gasteiger partial charge in [0.15, 0.2) is 0 Å². The van der Waals surface area contributed by atoms with Crippen LogP contribution in [0.15, 0.2) is 12.2 Å². The van der Waals surface area contributed by atoms with Gasteiger partial charge in [0.1, 0.15) is 0 Å². The maximum absolute atomic E-state index is 10.6. The number of hydrogen-bond acceptors (Lipinski definition) is 3. The Morgan fingerprint density at radius 3 is 1.64 bits per heavy atom. The smallest absolute Gasteiger partial charge is 0.336 e. The highest BCUT2D eigenvalue weighted by atomic mass is 16.4. The Bertz CT molecular complexity index is 254. The van der Waals surface area contributed by atoms with Gasteiger partial charge in [-0.1, -0.05) is 13.0 Å². The topological polar surface area (TPSA) is 112 Å². The van der Waals surface area contributed by atoms with E-state index in [1.165, 1.54) is 6.08 Å². The van der Waals surface area contributed by atoms with Gasteiger partial charge in [-0.25, -0.2) is 0 Å². The Morgan fingerprint density at radius 1 is 1.07 bits per heavy atom. The van der Waals surface area contributed by atoms with Crippen LogP contribution in [0.5, 0.6) is 0 Å². The molecule has 0 aromatic carbocycles. The Labute approximate surface area is 79.5 Å². The SMILES string of the molecule is CC/C=C\C(C(=O)O)(C(=O)O)C(=O)O. The highest BCUT2D eigenvalue weighted by molar-refractivity contribution is 6.18. The van der Waals surface area contributed by atoms with Crippen LogP contribution in [0.3, 0.4) is 0 Å². The zero-order valence-electron chi connectivity index (χ0n) is 7.43. The average molecular weight is 202 g/mol. The van der Waals surface area contributed by atoms with Gasteiger partial charge in [-0.2, -0.15) is 0 Å². The summed E-state index contributed by atoms with van der Waals surface area (Å²) in [4.78, 5) is 31.8. The number of carboxylic acid groups (broad SMARTS) is 3. The molecular formula is C8H10O6. The molecule has 0 aromatic heterocycles. The third-order valence-corrected chi connectivity index (χ3v) is 1.62. The molecule has 14 heavy (non-hydrogen) atoms. The van der Waals surface area contributed by atoms with E-state index in [9.17, 15) is 14.4 Å². The molecule has 0 fully saturated rings. The molecule has 6 heteroatoms. The Balaban J connectivity index is 5.39. The molecule has 6 nitrogen and oxygen atoms in total. The van der Waals surface area contributed by atoms with E-state index in [1.807, 2.05) is 0 Å². The molecule has 0 atom stereocenters. The van der Waals surface area contributed by atoms with E-state index in [2.05, 4.69) is 0 Å². The van der Waals surface area contributed by atoms with E-state index in [0.29, 0.717) is 12.5 Å². The fourth-order valence-corrected chi connectivity index (χ4v) is 0.783. The molecule has 0 aliphatic carbocycles.